The average Bonchev–Trinajstić information content (AvgIpc) is 2.86. The highest BCUT2D eigenvalue weighted by Crippen LogP contribution is 2.51. The first-order valence-corrected chi connectivity index (χ1v) is 8.36. The van der Waals surface area contributed by atoms with E-state index in [2.05, 4.69) is 40.2 Å². The maximum atomic E-state index is 10.8. The van der Waals surface area contributed by atoms with Gasteiger partial charge in [0.15, 0.2) is 0 Å². The maximum Gasteiger partial charge on any atom is 0.0688 e. The van der Waals surface area contributed by atoms with Crippen LogP contribution in [0.25, 0.3) is 0 Å². The SMILES string of the molecule is OC1(Cc2ccc(Br)cc2)CCC2(CCCC2)CC1. The Balaban J connectivity index is 1.63. The summed E-state index contributed by atoms with van der Waals surface area (Å²) in [6.07, 6.45) is 10.9. The van der Waals surface area contributed by atoms with Crippen molar-refractivity contribution in [3.8, 4) is 0 Å². The van der Waals surface area contributed by atoms with Crippen molar-refractivity contribution in [1.82, 2.24) is 0 Å². The van der Waals surface area contributed by atoms with Gasteiger partial charge in [-0.15, -0.1) is 0 Å². The van der Waals surface area contributed by atoms with Crippen LogP contribution in [0.15, 0.2) is 28.7 Å². The van der Waals surface area contributed by atoms with Crippen LogP contribution in [-0.4, -0.2) is 10.7 Å². The standard InChI is InChI=1S/C17H23BrO/c18-15-5-3-14(4-6-15)13-17(19)11-9-16(10-12-17)7-1-2-8-16/h3-6,19H,1-2,7-13H2. The van der Waals surface area contributed by atoms with Gasteiger partial charge in [-0.1, -0.05) is 40.9 Å². The highest BCUT2D eigenvalue weighted by atomic mass is 79.9. The van der Waals surface area contributed by atoms with Crippen molar-refractivity contribution in [3.05, 3.63) is 34.3 Å². The lowest BCUT2D eigenvalue weighted by Crippen LogP contribution is -2.39. The minimum atomic E-state index is -0.457. The molecule has 0 aliphatic heterocycles. The van der Waals surface area contributed by atoms with Gasteiger partial charge in [-0.2, -0.15) is 0 Å². The fourth-order valence-electron chi connectivity index (χ4n) is 4.03. The number of aliphatic hydroxyl groups is 1. The zero-order valence-electron chi connectivity index (χ0n) is 11.5. The Morgan fingerprint density at radius 2 is 1.47 bits per heavy atom. The molecule has 0 aromatic heterocycles. The van der Waals surface area contributed by atoms with Gasteiger partial charge in [-0.25, -0.2) is 0 Å². The molecule has 2 aliphatic rings. The molecule has 19 heavy (non-hydrogen) atoms. The summed E-state index contributed by atoms with van der Waals surface area (Å²) in [5, 5.41) is 10.8. The Bertz CT molecular complexity index is 421. The summed E-state index contributed by atoms with van der Waals surface area (Å²) in [5.41, 5.74) is 1.40. The van der Waals surface area contributed by atoms with Crippen LogP contribution in [-0.2, 0) is 6.42 Å². The van der Waals surface area contributed by atoms with E-state index < -0.39 is 5.60 Å². The van der Waals surface area contributed by atoms with E-state index in [0.717, 1.165) is 23.7 Å². The van der Waals surface area contributed by atoms with Gasteiger partial charge in [-0.3, -0.25) is 0 Å². The zero-order valence-corrected chi connectivity index (χ0v) is 13.1. The summed E-state index contributed by atoms with van der Waals surface area (Å²) in [6, 6.07) is 8.39. The number of halogens is 1. The molecule has 1 aromatic carbocycles. The van der Waals surface area contributed by atoms with Gasteiger partial charge >= 0.3 is 0 Å². The maximum absolute atomic E-state index is 10.8. The normalized spacial score (nSPS) is 24.7. The molecule has 1 aromatic rings. The Morgan fingerprint density at radius 3 is 2.05 bits per heavy atom. The first kappa shape index (κ1) is 13.6. The molecule has 2 fully saturated rings. The van der Waals surface area contributed by atoms with Gasteiger partial charge in [0.2, 0.25) is 0 Å². The fourth-order valence-corrected chi connectivity index (χ4v) is 4.29. The second-order valence-corrected chi connectivity index (χ2v) is 7.65. The number of hydrogen-bond acceptors (Lipinski definition) is 1. The molecule has 1 nitrogen and oxygen atoms in total. The van der Waals surface area contributed by atoms with Crippen LogP contribution in [0.1, 0.15) is 56.9 Å². The van der Waals surface area contributed by atoms with Crippen molar-refractivity contribution < 1.29 is 5.11 Å². The highest BCUT2D eigenvalue weighted by Gasteiger charge is 2.42. The second-order valence-electron chi connectivity index (χ2n) is 6.73. The topological polar surface area (TPSA) is 20.2 Å². The zero-order chi connectivity index (χ0) is 13.3. The van der Waals surface area contributed by atoms with Crippen molar-refractivity contribution in [2.24, 2.45) is 5.41 Å². The number of hydrogen-bond donors (Lipinski definition) is 1. The van der Waals surface area contributed by atoms with Crippen molar-refractivity contribution in [2.75, 3.05) is 0 Å². The lowest BCUT2D eigenvalue weighted by molar-refractivity contribution is -0.0322. The summed E-state index contributed by atoms with van der Waals surface area (Å²) in [4.78, 5) is 0. The van der Waals surface area contributed by atoms with Crippen LogP contribution < -0.4 is 0 Å². The van der Waals surface area contributed by atoms with E-state index in [1.54, 1.807) is 0 Å². The largest absolute Gasteiger partial charge is 0.390 e. The molecular formula is C17H23BrO. The molecule has 0 saturated heterocycles. The third-order valence-corrected chi connectivity index (χ3v) is 5.88. The number of rotatable bonds is 2. The average molecular weight is 323 g/mol. The second kappa shape index (κ2) is 5.21. The van der Waals surface area contributed by atoms with Crippen LogP contribution in [0, 0.1) is 5.41 Å². The first-order chi connectivity index (χ1) is 9.09. The molecule has 2 saturated carbocycles. The Morgan fingerprint density at radius 1 is 0.895 bits per heavy atom. The summed E-state index contributed by atoms with van der Waals surface area (Å²) >= 11 is 3.46. The van der Waals surface area contributed by atoms with Gasteiger partial charge in [0.25, 0.3) is 0 Å². The smallest absolute Gasteiger partial charge is 0.0688 e. The van der Waals surface area contributed by atoms with E-state index in [4.69, 9.17) is 0 Å². The quantitative estimate of drug-likeness (QED) is 0.824. The van der Waals surface area contributed by atoms with Crippen LogP contribution in [0.2, 0.25) is 0 Å². The fraction of sp³-hybridized carbons (Fsp3) is 0.647. The van der Waals surface area contributed by atoms with Gasteiger partial charge in [0.1, 0.15) is 0 Å². The molecule has 0 heterocycles. The predicted molar refractivity (Wildman–Crippen MR) is 82.2 cm³/mol. The lowest BCUT2D eigenvalue weighted by Gasteiger charge is -2.42. The molecule has 2 heteroatoms. The molecule has 3 rings (SSSR count). The summed E-state index contributed by atoms with van der Waals surface area (Å²) in [6.45, 7) is 0. The Labute approximate surface area is 124 Å². The molecular weight excluding hydrogens is 300 g/mol. The van der Waals surface area contributed by atoms with E-state index in [9.17, 15) is 5.11 Å². The predicted octanol–water partition coefficient (Wildman–Crippen LogP) is 4.86. The van der Waals surface area contributed by atoms with E-state index in [1.165, 1.54) is 44.1 Å². The molecule has 0 amide bonds. The molecule has 104 valence electrons. The van der Waals surface area contributed by atoms with Crippen LogP contribution >= 0.6 is 15.9 Å². The molecule has 0 radical (unpaired) electrons. The van der Waals surface area contributed by atoms with E-state index in [0.29, 0.717) is 5.41 Å². The minimum absolute atomic E-state index is 0.457. The molecule has 0 atom stereocenters. The van der Waals surface area contributed by atoms with Crippen LogP contribution in [0.4, 0.5) is 0 Å². The van der Waals surface area contributed by atoms with Crippen molar-refractivity contribution in [1.29, 1.82) is 0 Å². The van der Waals surface area contributed by atoms with Gasteiger partial charge in [0.05, 0.1) is 5.60 Å². The van der Waals surface area contributed by atoms with Crippen molar-refractivity contribution in [2.45, 2.75) is 63.4 Å². The minimum Gasteiger partial charge on any atom is -0.390 e. The molecule has 0 bridgehead atoms. The Kier molecular flexibility index (Phi) is 3.74. The third kappa shape index (κ3) is 3.05. The van der Waals surface area contributed by atoms with E-state index in [1.807, 2.05) is 0 Å². The van der Waals surface area contributed by atoms with Crippen molar-refractivity contribution in [3.63, 3.8) is 0 Å². The molecule has 1 N–H and O–H groups in total. The third-order valence-electron chi connectivity index (χ3n) is 5.35. The van der Waals surface area contributed by atoms with Crippen LogP contribution in [0.5, 0.6) is 0 Å². The first-order valence-electron chi connectivity index (χ1n) is 7.56. The van der Waals surface area contributed by atoms with Gasteiger partial charge in [0, 0.05) is 10.9 Å². The lowest BCUT2D eigenvalue weighted by atomic mass is 9.66. The number of benzene rings is 1. The monoisotopic (exact) mass is 322 g/mol. The Hall–Kier alpha value is -0.340. The summed E-state index contributed by atoms with van der Waals surface area (Å²) < 4.78 is 1.11. The van der Waals surface area contributed by atoms with Crippen molar-refractivity contribution >= 4 is 15.9 Å². The highest BCUT2D eigenvalue weighted by molar-refractivity contribution is 9.10. The molecule has 2 aliphatic carbocycles. The van der Waals surface area contributed by atoms with E-state index >= 15 is 0 Å². The van der Waals surface area contributed by atoms with E-state index in [-0.39, 0.29) is 0 Å². The van der Waals surface area contributed by atoms with Crippen LogP contribution in [0.3, 0.4) is 0 Å². The molecule has 1 spiro atoms. The summed E-state index contributed by atoms with van der Waals surface area (Å²) in [5.74, 6) is 0. The molecule has 0 unspecified atom stereocenters. The summed E-state index contributed by atoms with van der Waals surface area (Å²) in [7, 11) is 0. The van der Waals surface area contributed by atoms with Gasteiger partial charge in [-0.05, 0) is 61.6 Å². The van der Waals surface area contributed by atoms with Gasteiger partial charge < -0.3 is 5.11 Å².